The molecule has 9 heteroatoms. The summed E-state index contributed by atoms with van der Waals surface area (Å²) in [6, 6.07) is 10.8. The number of aliphatic hydroxyl groups is 7. The molecule has 0 heterocycles. The van der Waals surface area contributed by atoms with Crippen LogP contribution in [0.4, 0.5) is 0 Å². The van der Waals surface area contributed by atoms with E-state index in [1.54, 1.807) is 11.1 Å². The second-order valence-corrected chi connectivity index (χ2v) is 63.0. The zero-order valence-electron chi connectivity index (χ0n) is 101. The average Bonchev–Trinajstić information content (AvgIpc) is 1.64. The van der Waals surface area contributed by atoms with E-state index in [9.17, 15) is 45.3 Å². The van der Waals surface area contributed by atoms with Gasteiger partial charge in [-0.2, -0.15) is 0 Å². The smallest absolute Gasteiger partial charge is 0.155 e. The minimum absolute atomic E-state index is 0.114. The fourth-order valence-corrected chi connectivity index (χ4v) is 44.0. The van der Waals surface area contributed by atoms with Crippen LogP contribution in [0.15, 0.2) is 88.6 Å². The Hall–Kier alpha value is -3.02. The summed E-state index contributed by atoms with van der Waals surface area (Å²) in [6.07, 6.45) is 74.9. The quantitative estimate of drug-likeness (QED) is 0.0470. The van der Waals surface area contributed by atoms with E-state index in [-0.39, 0.29) is 33.7 Å². The number of benzene rings is 1. The Bertz CT molecular complexity index is 4870. The monoisotopic (exact) mass is 2050 g/mol. The zero-order valence-corrected chi connectivity index (χ0v) is 101. The van der Waals surface area contributed by atoms with Crippen LogP contribution in [0, 0.1) is 208 Å². The summed E-state index contributed by atoms with van der Waals surface area (Å²) in [5, 5.41) is 79.2. The van der Waals surface area contributed by atoms with Gasteiger partial charge >= 0.3 is 0 Å². The van der Waals surface area contributed by atoms with Crippen molar-refractivity contribution in [3.63, 3.8) is 0 Å². The topological polar surface area (TPSA) is 176 Å². The van der Waals surface area contributed by atoms with E-state index in [1.165, 1.54) is 235 Å². The molecule has 20 aliphatic rings. The Morgan fingerprint density at radius 1 is 0.322 bits per heavy atom. The molecule has 0 bridgehead atoms. The number of aryl methyl sites for hydroxylation is 1. The Morgan fingerprint density at radius 2 is 0.644 bits per heavy atom. The normalized spacial score (nSPS) is 44.7. The molecule has 842 valence electrons. The third-order valence-electron chi connectivity index (χ3n) is 52.5. The molecule has 0 amide bonds. The lowest BCUT2D eigenvalue weighted by Crippen LogP contribution is -2.55. The predicted molar refractivity (Wildman–Crippen MR) is 619 cm³/mol. The van der Waals surface area contributed by atoms with Crippen LogP contribution in [0.1, 0.15) is 519 Å². The second kappa shape index (κ2) is 44.8. The first kappa shape index (κ1) is 117. The largest absolute Gasteiger partial charge is 0.393 e. The van der Waals surface area contributed by atoms with Crippen molar-refractivity contribution in [2.24, 2.45) is 208 Å². The van der Waals surface area contributed by atoms with Crippen LogP contribution in [0.3, 0.4) is 0 Å². The number of fused-ring (bicyclic) bond motifs is 25. The number of carbonyl (C=O) groups is 2. The van der Waals surface area contributed by atoms with Crippen LogP contribution in [0.2, 0.25) is 0 Å². The molecule has 7 N–H and O–H groups in total. The lowest BCUT2D eigenvalue weighted by molar-refractivity contribution is -0.151. The van der Waals surface area contributed by atoms with Gasteiger partial charge in [-0.15, -0.1) is 0 Å². The van der Waals surface area contributed by atoms with Crippen LogP contribution in [0.25, 0.3) is 0 Å². The van der Waals surface area contributed by atoms with Gasteiger partial charge in [-0.25, -0.2) is 0 Å². The van der Waals surface area contributed by atoms with E-state index in [4.69, 9.17) is 0 Å². The molecule has 9 nitrogen and oxygen atoms in total. The van der Waals surface area contributed by atoms with Gasteiger partial charge in [0, 0.05) is 19.3 Å². The third kappa shape index (κ3) is 22.4. The molecule has 0 aromatic heterocycles. The van der Waals surface area contributed by atoms with Crippen LogP contribution in [0.5, 0.6) is 0 Å². The average molecular weight is 2060 g/mol. The molecular weight excluding hydrogens is 1830 g/mol. The zero-order chi connectivity index (χ0) is 108. The fourth-order valence-electron chi connectivity index (χ4n) is 44.0. The summed E-state index contributed by atoms with van der Waals surface area (Å²) in [4.78, 5) is 24.1. The minimum Gasteiger partial charge on any atom is -0.393 e. The molecule has 0 spiro atoms. The van der Waals surface area contributed by atoms with Gasteiger partial charge in [-0.1, -0.05) is 260 Å². The van der Waals surface area contributed by atoms with Crippen molar-refractivity contribution in [1.82, 2.24) is 0 Å². The van der Waals surface area contributed by atoms with Crippen molar-refractivity contribution < 1.29 is 45.3 Å². The molecule has 1 aromatic carbocycles. The first-order valence-corrected chi connectivity index (χ1v) is 64.5. The van der Waals surface area contributed by atoms with Crippen molar-refractivity contribution in [3.8, 4) is 0 Å². The molecule has 149 heavy (non-hydrogen) atoms. The van der Waals surface area contributed by atoms with E-state index >= 15 is 0 Å². The molecule has 12 unspecified atom stereocenters. The summed E-state index contributed by atoms with van der Waals surface area (Å²) >= 11 is 0. The number of allylic oxidation sites excluding steroid dienone is 8. The van der Waals surface area contributed by atoms with E-state index in [0.717, 1.165) is 241 Å². The molecule has 20 aliphatic carbocycles. The maximum absolute atomic E-state index is 12.1. The molecule has 1 aromatic rings. The highest BCUT2D eigenvalue weighted by atomic mass is 16.3. The van der Waals surface area contributed by atoms with Gasteiger partial charge in [0.15, 0.2) is 5.78 Å². The van der Waals surface area contributed by atoms with Gasteiger partial charge in [-0.05, 0) is 543 Å². The van der Waals surface area contributed by atoms with E-state index < -0.39 is 34.1 Å². The van der Waals surface area contributed by atoms with Gasteiger partial charge in [0.1, 0.15) is 5.78 Å². The highest BCUT2D eigenvalue weighted by molar-refractivity contribution is 5.91. The van der Waals surface area contributed by atoms with Crippen LogP contribution < -0.4 is 0 Å². The molecule has 0 saturated heterocycles. The summed E-state index contributed by atoms with van der Waals surface area (Å²) in [7, 11) is 0. The Labute approximate surface area is 913 Å². The maximum Gasteiger partial charge on any atom is 0.155 e. The van der Waals surface area contributed by atoms with Gasteiger partial charge < -0.3 is 35.7 Å². The van der Waals surface area contributed by atoms with Gasteiger partial charge in [-0.3, -0.25) is 9.59 Å². The molecule has 15 saturated carbocycles. The summed E-state index contributed by atoms with van der Waals surface area (Å²) < 4.78 is 0. The number of hydrogen-bond acceptors (Lipinski definition) is 9. The van der Waals surface area contributed by atoms with Crippen molar-refractivity contribution in [1.29, 1.82) is 0 Å². The van der Waals surface area contributed by atoms with Gasteiger partial charge in [0.2, 0.25) is 0 Å². The Morgan fingerprint density at radius 3 is 1.03 bits per heavy atom. The number of rotatable bonds is 25. The van der Waals surface area contributed by atoms with Crippen LogP contribution in [-0.4, -0.2) is 87.5 Å². The molecule has 39 atom stereocenters. The SMILES string of the molecule is CC(C)CCC[C@](C)(O)C1CCC2C3CC=C4CC(=O)CC[C@]4(C)C3CC[C@@]21C.CC(C)CCC[C@](C)(O)C1CCC2C3CC=C4C[C@H](O)CC[C@]4(C)C3CC[C@@]21C.CC(C)CCC[C@](C)(O)C1CCC2C3CCC4=CC(=O)CC[C@]4(C)C3CC[C@@]21C.CC(C)CC[C@@H](O)[C@](C)(O)[C@H]1CC[C@H]2[C@@H]3CC=C4C[C@@H](C)CC[C@]4(C)[C@H]3CC[C@]12C.C[C@H]1CC[C@@]2(C)C(=CC[C@H]3[C@@H]4CC[C@H]([C@@](C)(O)CCCc5ccccc5)[C@@]4(C)CC[C@@H]32)C1. The molecule has 0 aliphatic heterocycles. The summed E-state index contributed by atoms with van der Waals surface area (Å²) in [5.41, 5.74) is 9.53. The van der Waals surface area contributed by atoms with Gasteiger partial charge in [0.05, 0.1) is 40.2 Å². The molecule has 21 rings (SSSR count). The predicted octanol–water partition coefficient (Wildman–Crippen LogP) is 34.7. The first-order valence-electron chi connectivity index (χ1n) is 64.5. The number of ketones is 2. The van der Waals surface area contributed by atoms with Crippen molar-refractivity contribution in [3.05, 3.63) is 94.1 Å². The highest BCUT2D eigenvalue weighted by Gasteiger charge is 2.69. The number of carbonyl (C=O) groups excluding carboxylic acids is 2. The third-order valence-corrected chi connectivity index (χ3v) is 52.5. The lowest BCUT2D eigenvalue weighted by atomic mass is 9.46. The van der Waals surface area contributed by atoms with Crippen molar-refractivity contribution in [2.45, 2.75) is 560 Å². The minimum atomic E-state index is -0.967. The van der Waals surface area contributed by atoms with E-state index in [0.29, 0.717) is 79.6 Å². The van der Waals surface area contributed by atoms with Crippen molar-refractivity contribution in [2.75, 3.05) is 0 Å². The molecular formula is C140H228O9. The summed E-state index contributed by atoms with van der Waals surface area (Å²) in [6.45, 7) is 58.9. The molecule has 15 fully saturated rings. The second-order valence-electron chi connectivity index (χ2n) is 63.0. The fraction of sp³-hybridized carbons (Fsp3) is 0.871. The highest BCUT2D eigenvalue weighted by Crippen LogP contribution is 2.76. The number of Topliss-reactive ketones (excluding diaryl/α,β-unsaturated/α-hetero) is 1. The van der Waals surface area contributed by atoms with Gasteiger partial charge in [0.25, 0.3) is 0 Å². The van der Waals surface area contributed by atoms with Crippen LogP contribution >= 0.6 is 0 Å². The lowest BCUT2D eigenvalue weighted by Gasteiger charge is -2.59. The first-order chi connectivity index (χ1) is 70.0. The van der Waals surface area contributed by atoms with Crippen molar-refractivity contribution >= 4 is 11.6 Å². The van der Waals surface area contributed by atoms with E-state index in [1.807, 2.05) is 18.6 Å². The number of aliphatic hydroxyl groups excluding tert-OH is 2. The van der Waals surface area contributed by atoms with E-state index in [2.05, 4.69) is 221 Å². The standard InChI is InChI=1S/C31H46O.C28H48O2.C27H46O2.2C27H44O2/c1-22-16-19-29(2)24(21-22)12-13-25-26-14-15-28(30(26,3)20-17-27(25)29)31(4,32)18-8-11-23-9-6-5-7-10-23;1-18(2)7-12-25(29)28(6,30)24-11-10-22-21-9-8-20-17-19(3)13-15-26(20,4)23(21)14-16-27(22,24)5;3*1-18(2)7-6-14-27(5,29)24-11-10-22-21-9-8-19-17-20(28)12-15-25(19,3)23(21)13-16-26(22,24)4/h5-7,9-10,12,22,25-28,32H,8,11,13-21H2,1-4H3;8,18-19,21-25,29-30H,7,9-17H2,1-6H3;8,18,20-24,28-29H,6-7,9-17H2,1-5H3;17-18,21-24,29H,6-16H2,1-5H3;8,18,21-24,29H,6-7,9-17H2,1-5H3/t22-,25-,26-,27-,28-,29-,30-,31-;19-,21-,22-,23-,24-,25+,26-,27-,28+;20-,21?,22?,23?,24?,25+,26+,27+;2*21?,22?,23?,24?,25-,26-,27-/m00100/s1. The molecule has 0 radical (unpaired) electrons. The Kier molecular flexibility index (Phi) is 35.2. The Balaban J connectivity index is 0.000000127. The van der Waals surface area contributed by atoms with Crippen LogP contribution in [-0.2, 0) is 16.0 Å². The summed E-state index contributed by atoms with van der Waals surface area (Å²) in [5.74, 6) is 19.1. The maximum atomic E-state index is 12.1. The number of hydrogen-bond donors (Lipinski definition) is 7.